The maximum absolute atomic E-state index is 5.74. The molecule has 1 rings (SSSR count). The van der Waals surface area contributed by atoms with Crippen molar-refractivity contribution < 1.29 is 9.47 Å². The van der Waals surface area contributed by atoms with Crippen LogP contribution in [-0.2, 0) is 4.74 Å². The molecule has 0 saturated heterocycles. The number of ether oxygens (including phenoxy) is 2. The van der Waals surface area contributed by atoms with Crippen molar-refractivity contribution in [3.05, 3.63) is 29.8 Å². The lowest BCUT2D eigenvalue weighted by Crippen LogP contribution is -2.39. The van der Waals surface area contributed by atoms with Crippen LogP contribution in [0.25, 0.3) is 0 Å². The van der Waals surface area contributed by atoms with Crippen LogP contribution < -0.4 is 15.4 Å². The van der Waals surface area contributed by atoms with Gasteiger partial charge in [0.2, 0.25) is 0 Å². The summed E-state index contributed by atoms with van der Waals surface area (Å²) >= 11 is 0. The second kappa shape index (κ2) is 13.6. The van der Waals surface area contributed by atoms with Crippen LogP contribution in [0, 0.1) is 6.92 Å². The number of para-hydroxylation sites is 1. The molecular formula is C16H28IN3O2. The Morgan fingerprint density at radius 2 is 1.91 bits per heavy atom. The fraction of sp³-hybridized carbons (Fsp3) is 0.562. The molecule has 22 heavy (non-hydrogen) atoms. The van der Waals surface area contributed by atoms with Crippen molar-refractivity contribution in [3.8, 4) is 5.75 Å². The van der Waals surface area contributed by atoms with Gasteiger partial charge in [0.25, 0.3) is 0 Å². The largest absolute Gasteiger partial charge is 0.491 e. The van der Waals surface area contributed by atoms with Gasteiger partial charge < -0.3 is 20.1 Å². The standard InChI is InChI=1S/C16H27N3O2.HI/c1-4-17-16(18-10-12-20-5-2)19-11-13-21-15-9-7-6-8-14(15)3;/h6-9H,4-5,10-13H2,1-3H3,(H2,17,18,19);1H. The van der Waals surface area contributed by atoms with E-state index in [9.17, 15) is 0 Å². The minimum atomic E-state index is 0. The molecule has 1 aromatic carbocycles. The van der Waals surface area contributed by atoms with Crippen LogP contribution in [0.4, 0.5) is 0 Å². The zero-order chi connectivity index (χ0) is 15.3. The lowest BCUT2D eigenvalue weighted by molar-refractivity contribution is 0.155. The molecule has 0 atom stereocenters. The number of nitrogens with zero attached hydrogens (tertiary/aromatic N) is 1. The summed E-state index contributed by atoms with van der Waals surface area (Å²) in [7, 11) is 0. The summed E-state index contributed by atoms with van der Waals surface area (Å²) in [4.78, 5) is 4.43. The number of rotatable bonds is 9. The molecule has 0 amide bonds. The van der Waals surface area contributed by atoms with Crippen LogP contribution in [0.1, 0.15) is 19.4 Å². The monoisotopic (exact) mass is 421 g/mol. The van der Waals surface area contributed by atoms with Gasteiger partial charge in [0.15, 0.2) is 5.96 Å². The van der Waals surface area contributed by atoms with Crippen LogP contribution >= 0.6 is 24.0 Å². The highest BCUT2D eigenvalue weighted by Crippen LogP contribution is 2.15. The summed E-state index contributed by atoms with van der Waals surface area (Å²) in [6.45, 7) is 10.2. The summed E-state index contributed by atoms with van der Waals surface area (Å²) in [5.41, 5.74) is 1.15. The van der Waals surface area contributed by atoms with Crippen molar-refractivity contribution in [1.29, 1.82) is 0 Å². The normalized spacial score (nSPS) is 10.8. The quantitative estimate of drug-likeness (QED) is 0.279. The molecule has 126 valence electrons. The highest BCUT2D eigenvalue weighted by molar-refractivity contribution is 14.0. The Hall–Kier alpha value is -1.02. The van der Waals surface area contributed by atoms with Gasteiger partial charge in [-0.15, -0.1) is 24.0 Å². The molecule has 0 aliphatic heterocycles. The number of aliphatic imine (C=N–C) groups is 1. The first-order valence-corrected chi connectivity index (χ1v) is 7.56. The van der Waals surface area contributed by atoms with E-state index in [0.717, 1.165) is 30.4 Å². The maximum atomic E-state index is 5.74. The van der Waals surface area contributed by atoms with Gasteiger partial charge in [-0.3, -0.25) is 4.99 Å². The smallest absolute Gasteiger partial charge is 0.191 e. The lowest BCUT2D eigenvalue weighted by Gasteiger charge is -2.13. The van der Waals surface area contributed by atoms with Crippen molar-refractivity contribution in [2.75, 3.05) is 39.5 Å². The molecule has 2 N–H and O–H groups in total. The van der Waals surface area contributed by atoms with Crippen molar-refractivity contribution in [1.82, 2.24) is 10.6 Å². The van der Waals surface area contributed by atoms with Crippen LogP contribution in [0.3, 0.4) is 0 Å². The van der Waals surface area contributed by atoms with Crippen LogP contribution in [0.15, 0.2) is 29.3 Å². The van der Waals surface area contributed by atoms with Gasteiger partial charge in [0.05, 0.1) is 19.7 Å². The fourth-order valence-corrected chi connectivity index (χ4v) is 1.76. The van der Waals surface area contributed by atoms with E-state index in [1.807, 2.05) is 45.0 Å². The van der Waals surface area contributed by atoms with Crippen LogP contribution in [0.2, 0.25) is 0 Å². The summed E-state index contributed by atoms with van der Waals surface area (Å²) in [6, 6.07) is 8.02. The van der Waals surface area contributed by atoms with Crippen LogP contribution in [-0.4, -0.2) is 45.4 Å². The van der Waals surface area contributed by atoms with E-state index >= 15 is 0 Å². The predicted molar refractivity (Wildman–Crippen MR) is 103 cm³/mol. The zero-order valence-electron chi connectivity index (χ0n) is 13.7. The van der Waals surface area contributed by atoms with Crippen molar-refractivity contribution in [2.45, 2.75) is 20.8 Å². The van der Waals surface area contributed by atoms with E-state index < -0.39 is 0 Å². The van der Waals surface area contributed by atoms with E-state index in [4.69, 9.17) is 9.47 Å². The SMILES string of the molecule is CCNC(=NCCOCC)NCCOc1ccccc1C.I. The third-order valence-corrected chi connectivity index (χ3v) is 2.80. The highest BCUT2D eigenvalue weighted by atomic mass is 127. The number of hydrogen-bond acceptors (Lipinski definition) is 3. The van der Waals surface area contributed by atoms with Gasteiger partial charge in [-0.2, -0.15) is 0 Å². The molecule has 0 spiro atoms. The van der Waals surface area contributed by atoms with E-state index in [1.54, 1.807) is 0 Å². The molecule has 0 fully saturated rings. The first-order chi connectivity index (χ1) is 10.3. The first-order valence-electron chi connectivity index (χ1n) is 7.56. The molecule has 5 nitrogen and oxygen atoms in total. The van der Waals surface area contributed by atoms with Gasteiger partial charge in [-0.05, 0) is 32.4 Å². The topological polar surface area (TPSA) is 54.9 Å². The third-order valence-electron chi connectivity index (χ3n) is 2.80. The molecule has 0 radical (unpaired) electrons. The van der Waals surface area contributed by atoms with E-state index in [2.05, 4.69) is 15.6 Å². The van der Waals surface area contributed by atoms with Crippen molar-refractivity contribution in [2.24, 2.45) is 4.99 Å². The Morgan fingerprint density at radius 3 is 2.59 bits per heavy atom. The summed E-state index contributed by atoms with van der Waals surface area (Å²) in [6.07, 6.45) is 0. The average Bonchev–Trinajstić information content (AvgIpc) is 2.49. The molecular weight excluding hydrogens is 393 g/mol. The first kappa shape index (κ1) is 21.0. The Kier molecular flexibility index (Phi) is 13.0. The molecule has 6 heteroatoms. The number of nitrogens with one attached hydrogen (secondary N) is 2. The summed E-state index contributed by atoms with van der Waals surface area (Å²) in [5.74, 6) is 1.73. The van der Waals surface area contributed by atoms with Gasteiger partial charge in [-0.1, -0.05) is 18.2 Å². The molecule has 0 aliphatic carbocycles. The zero-order valence-corrected chi connectivity index (χ0v) is 16.1. The van der Waals surface area contributed by atoms with Crippen molar-refractivity contribution >= 4 is 29.9 Å². The van der Waals surface area contributed by atoms with E-state index in [1.165, 1.54) is 0 Å². The van der Waals surface area contributed by atoms with Gasteiger partial charge in [0, 0.05) is 13.2 Å². The number of guanidine groups is 1. The van der Waals surface area contributed by atoms with Gasteiger partial charge in [0.1, 0.15) is 12.4 Å². The molecule has 0 aliphatic rings. The Morgan fingerprint density at radius 1 is 1.14 bits per heavy atom. The minimum absolute atomic E-state index is 0. The average molecular weight is 421 g/mol. The Balaban J connectivity index is 0.00000441. The Labute approximate surface area is 150 Å². The number of aryl methyl sites for hydroxylation is 1. The van der Waals surface area contributed by atoms with Gasteiger partial charge >= 0.3 is 0 Å². The molecule has 0 bridgehead atoms. The van der Waals surface area contributed by atoms with Gasteiger partial charge in [-0.25, -0.2) is 0 Å². The minimum Gasteiger partial charge on any atom is -0.491 e. The molecule has 0 heterocycles. The Bertz CT molecular complexity index is 428. The maximum Gasteiger partial charge on any atom is 0.191 e. The highest BCUT2D eigenvalue weighted by Gasteiger charge is 1.99. The lowest BCUT2D eigenvalue weighted by atomic mass is 10.2. The van der Waals surface area contributed by atoms with E-state index in [-0.39, 0.29) is 24.0 Å². The molecule has 1 aromatic rings. The summed E-state index contributed by atoms with van der Waals surface area (Å²) in [5, 5.41) is 6.44. The number of halogens is 1. The molecule has 0 unspecified atom stereocenters. The van der Waals surface area contributed by atoms with E-state index in [0.29, 0.717) is 26.3 Å². The number of benzene rings is 1. The summed E-state index contributed by atoms with van der Waals surface area (Å²) < 4.78 is 11.0. The number of hydrogen-bond donors (Lipinski definition) is 2. The second-order valence-electron chi connectivity index (χ2n) is 4.50. The molecule has 0 saturated carbocycles. The third kappa shape index (κ3) is 9.09. The molecule has 0 aromatic heterocycles. The fourth-order valence-electron chi connectivity index (χ4n) is 1.76. The predicted octanol–water partition coefficient (Wildman–Crippen LogP) is 2.58. The van der Waals surface area contributed by atoms with Crippen molar-refractivity contribution in [3.63, 3.8) is 0 Å². The van der Waals surface area contributed by atoms with Crippen LogP contribution in [0.5, 0.6) is 5.75 Å². The second-order valence-corrected chi connectivity index (χ2v) is 4.50.